The summed E-state index contributed by atoms with van der Waals surface area (Å²) < 4.78 is 29.4. The molecule has 40 heavy (non-hydrogen) atoms. The maximum atomic E-state index is 12.2. The monoisotopic (exact) mass is 582 g/mol. The highest BCUT2D eigenvalue weighted by atomic mass is 28.4. The second-order valence-corrected chi connectivity index (χ2v) is 16.9. The van der Waals surface area contributed by atoms with E-state index in [9.17, 15) is 9.90 Å². The molecule has 0 unspecified atom stereocenters. The van der Waals surface area contributed by atoms with Crippen molar-refractivity contribution in [3.05, 3.63) is 11.6 Å². The van der Waals surface area contributed by atoms with Crippen LogP contribution in [0.25, 0.3) is 0 Å². The number of aliphatic hydroxyl groups excluding tert-OH is 1. The Balaban J connectivity index is 0. The van der Waals surface area contributed by atoms with E-state index in [0.717, 1.165) is 12.0 Å². The molecule has 0 aromatic rings. The lowest BCUT2D eigenvalue weighted by Crippen LogP contribution is -2.49. The first-order chi connectivity index (χ1) is 17.3. The first kappa shape index (κ1) is 40.6. The average molecular weight is 583 g/mol. The number of ether oxygens (including phenoxy) is 4. The van der Waals surface area contributed by atoms with Gasteiger partial charge in [0.25, 0.3) is 0 Å². The molecule has 1 N–H and O–H groups in total. The topological polar surface area (TPSA) is 83.5 Å². The minimum absolute atomic E-state index is 0. The van der Waals surface area contributed by atoms with Crippen LogP contribution in [0.1, 0.15) is 96.9 Å². The number of hydrogen-bond acceptors (Lipinski definition) is 7. The Hall–Kier alpha value is -1.49. The fraction of sp³-hybridized carbons (Fsp3) is 0.781. The summed E-state index contributed by atoms with van der Waals surface area (Å²) in [6.07, 6.45) is 10.7. The van der Waals surface area contributed by atoms with Gasteiger partial charge in [-0.2, -0.15) is 0 Å². The second kappa shape index (κ2) is 15.7. The minimum Gasteiger partial charge on any atom is -0.401 e. The van der Waals surface area contributed by atoms with E-state index < -0.39 is 50.4 Å². The Kier molecular flexibility index (Phi) is 15.9. The molecule has 2 aliphatic heterocycles. The third-order valence-electron chi connectivity index (χ3n) is 7.24. The zero-order valence-electron chi connectivity index (χ0n) is 25.5. The molecule has 6 atom stereocenters. The molecule has 0 saturated carbocycles. The van der Waals surface area contributed by atoms with Gasteiger partial charge in [-0.1, -0.05) is 67.4 Å². The van der Waals surface area contributed by atoms with Crippen molar-refractivity contribution in [2.75, 3.05) is 0 Å². The average Bonchev–Trinajstić information content (AvgIpc) is 3.32. The smallest absolute Gasteiger partial charge is 0.193 e. The normalized spacial score (nSPS) is 27.0. The summed E-state index contributed by atoms with van der Waals surface area (Å²) in [6, 6.07) is 0. The van der Waals surface area contributed by atoms with Gasteiger partial charge in [-0.15, -0.1) is 12.8 Å². The van der Waals surface area contributed by atoms with E-state index in [1.807, 2.05) is 40.7 Å². The largest absolute Gasteiger partial charge is 0.401 e. The number of terminal acetylenes is 2. The number of carbonyl (C=O) groups excluding carboxylic acids is 1. The van der Waals surface area contributed by atoms with Crippen LogP contribution in [0.3, 0.4) is 0 Å². The van der Waals surface area contributed by atoms with Crippen LogP contribution in [-0.4, -0.2) is 67.4 Å². The van der Waals surface area contributed by atoms with E-state index in [1.165, 1.54) is 0 Å². The molecular weight excluding hydrogens is 524 g/mol. The Bertz CT molecular complexity index is 917. The van der Waals surface area contributed by atoms with Gasteiger partial charge in [-0.05, 0) is 64.7 Å². The first-order valence-corrected chi connectivity index (χ1v) is 16.4. The van der Waals surface area contributed by atoms with Crippen molar-refractivity contribution < 1.29 is 33.3 Å². The lowest BCUT2D eigenvalue weighted by molar-refractivity contribution is -0.157. The molecule has 2 aliphatic rings. The van der Waals surface area contributed by atoms with Crippen molar-refractivity contribution in [1.82, 2.24) is 0 Å². The van der Waals surface area contributed by atoms with E-state index in [4.69, 9.17) is 36.2 Å². The number of Topliss-reactive ketones (excluding diaryl/α,β-unsaturated/α-hetero) is 1. The third-order valence-corrected chi connectivity index (χ3v) is 11.7. The molecule has 8 heteroatoms. The molecule has 0 aromatic heterocycles. The van der Waals surface area contributed by atoms with Gasteiger partial charge >= 0.3 is 0 Å². The number of rotatable bonds is 8. The SMILES string of the molecule is C.C.C#C[C@H](O)[C@@H]1OC(C)(C)O[C@@H]1C(=CC)CC.C#C[C@H](O[Si](C)(C)C(C)(C)C)[C@@H]1OC(C)(C)O[C@@H]1C(=O)CC. The summed E-state index contributed by atoms with van der Waals surface area (Å²) >= 11 is 0. The molecule has 2 rings (SSSR count). The van der Waals surface area contributed by atoms with Crippen LogP contribution >= 0.6 is 0 Å². The zero-order chi connectivity index (χ0) is 29.7. The fourth-order valence-electron chi connectivity index (χ4n) is 4.12. The van der Waals surface area contributed by atoms with E-state index in [0.29, 0.717) is 6.42 Å². The van der Waals surface area contributed by atoms with Crippen molar-refractivity contribution in [1.29, 1.82) is 0 Å². The number of hydrogen-bond donors (Lipinski definition) is 1. The van der Waals surface area contributed by atoms with Gasteiger partial charge in [-0.25, -0.2) is 0 Å². The van der Waals surface area contributed by atoms with Crippen LogP contribution in [0, 0.1) is 24.7 Å². The Morgan fingerprint density at radius 1 is 0.950 bits per heavy atom. The summed E-state index contributed by atoms with van der Waals surface area (Å²) in [4.78, 5) is 12.2. The van der Waals surface area contributed by atoms with Gasteiger partial charge in [0.1, 0.15) is 36.6 Å². The molecule has 0 radical (unpaired) electrons. The van der Waals surface area contributed by atoms with Crippen molar-refractivity contribution in [2.24, 2.45) is 0 Å². The molecule has 0 spiro atoms. The van der Waals surface area contributed by atoms with Crippen LogP contribution < -0.4 is 0 Å². The molecule has 2 heterocycles. The van der Waals surface area contributed by atoms with Gasteiger partial charge in [0.2, 0.25) is 0 Å². The zero-order valence-corrected chi connectivity index (χ0v) is 26.5. The van der Waals surface area contributed by atoms with Gasteiger partial charge in [0, 0.05) is 6.42 Å². The van der Waals surface area contributed by atoms with Crippen molar-refractivity contribution in [3.8, 4) is 24.7 Å². The van der Waals surface area contributed by atoms with Crippen LogP contribution in [-0.2, 0) is 28.2 Å². The molecule has 2 fully saturated rings. The minimum atomic E-state index is -2.07. The summed E-state index contributed by atoms with van der Waals surface area (Å²) in [5, 5.41) is 9.76. The lowest BCUT2D eigenvalue weighted by atomic mass is 9.99. The van der Waals surface area contributed by atoms with E-state index in [1.54, 1.807) is 13.8 Å². The number of ketones is 1. The van der Waals surface area contributed by atoms with Crippen molar-refractivity contribution in [2.45, 2.75) is 163 Å². The molecule has 0 aliphatic carbocycles. The Labute approximate surface area is 246 Å². The summed E-state index contributed by atoms with van der Waals surface area (Å²) in [5.41, 5.74) is 1.10. The molecule has 0 bridgehead atoms. The Morgan fingerprint density at radius 2 is 1.43 bits per heavy atom. The van der Waals surface area contributed by atoms with Crippen LogP contribution in [0.5, 0.6) is 0 Å². The van der Waals surface area contributed by atoms with E-state index in [2.05, 4.69) is 45.7 Å². The van der Waals surface area contributed by atoms with Gasteiger partial charge < -0.3 is 28.5 Å². The van der Waals surface area contributed by atoms with E-state index >= 15 is 0 Å². The maximum absolute atomic E-state index is 12.2. The lowest BCUT2D eigenvalue weighted by Gasteiger charge is -2.39. The fourth-order valence-corrected chi connectivity index (χ4v) is 5.31. The highest BCUT2D eigenvalue weighted by Crippen LogP contribution is 2.40. The van der Waals surface area contributed by atoms with Crippen LogP contribution in [0.4, 0.5) is 0 Å². The van der Waals surface area contributed by atoms with Gasteiger partial charge in [0.05, 0.1) is 0 Å². The molecule has 0 amide bonds. The van der Waals surface area contributed by atoms with Gasteiger partial charge in [-0.3, -0.25) is 4.79 Å². The molecule has 0 aromatic carbocycles. The Morgan fingerprint density at radius 3 is 1.80 bits per heavy atom. The highest BCUT2D eigenvalue weighted by molar-refractivity contribution is 6.74. The highest BCUT2D eigenvalue weighted by Gasteiger charge is 2.50. The predicted octanol–water partition coefficient (Wildman–Crippen LogP) is 6.64. The summed E-state index contributed by atoms with van der Waals surface area (Å²) in [7, 11) is -2.07. The summed E-state index contributed by atoms with van der Waals surface area (Å²) in [6.45, 7) is 23.8. The molecule has 7 nitrogen and oxygen atoms in total. The molecule has 2 saturated heterocycles. The van der Waals surface area contributed by atoms with Crippen molar-refractivity contribution in [3.63, 3.8) is 0 Å². The quantitative estimate of drug-likeness (QED) is 0.195. The second-order valence-electron chi connectivity index (χ2n) is 12.2. The van der Waals surface area contributed by atoms with Gasteiger partial charge in [0.15, 0.2) is 25.7 Å². The van der Waals surface area contributed by atoms with Crippen LogP contribution in [0.2, 0.25) is 18.1 Å². The van der Waals surface area contributed by atoms with Crippen LogP contribution in [0.15, 0.2) is 11.6 Å². The predicted molar refractivity (Wildman–Crippen MR) is 166 cm³/mol. The number of aliphatic hydroxyl groups is 1. The number of carbonyl (C=O) groups is 1. The number of allylic oxidation sites excluding steroid dienone is 1. The van der Waals surface area contributed by atoms with Crippen molar-refractivity contribution >= 4 is 14.1 Å². The standard InChI is InChI=1S/C17H30O4Si.C13H20O3.2CH4/c1-10-12(18)14-15(20-17(6,7)19-14)13(11-2)21-22(8,9)16(3,4)5;1-6-9(7-2)11-12(10(14)8-3)16-13(4,5)15-11;;/h2,13-15H,10H2,1,3-9H3;3,6,10-12,14H,7H2,1-2,4-5H3;2*1H4/t13-,14+,15-;10-,11+,12-;;/m00../s1. The maximum Gasteiger partial charge on any atom is 0.193 e. The summed E-state index contributed by atoms with van der Waals surface area (Å²) in [5.74, 6) is 3.45. The molecule has 232 valence electrons. The first-order valence-electron chi connectivity index (χ1n) is 13.5. The molecular formula is C32H58O7Si. The third kappa shape index (κ3) is 10.4. The van der Waals surface area contributed by atoms with E-state index in [-0.39, 0.29) is 31.8 Å².